The lowest BCUT2D eigenvalue weighted by Gasteiger charge is -2.06. The molecule has 3 aromatic rings. The number of aryl methyl sites for hydroxylation is 1. The highest BCUT2D eigenvalue weighted by molar-refractivity contribution is 7.16. The molecule has 6 nitrogen and oxygen atoms in total. The molecule has 1 heterocycles. The zero-order chi connectivity index (χ0) is 21.0. The number of methoxy groups -OCH3 is 1. The van der Waals surface area contributed by atoms with Crippen molar-refractivity contribution in [2.75, 3.05) is 13.7 Å². The van der Waals surface area contributed by atoms with Gasteiger partial charge in [0.1, 0.15) is 18.1 Å². The highest BCUT2D eigenvalue weighted by Gasteiger charge is 2.13. The van der Waals surface area contributed by atoms with Gasteiger partial charge in [-0.3, -0.25) is 9.59 Å². The minimum Gasteiger partial charge on any atom is -0.496 e. The van der Waals surface area contributed by atoms with Crippen molar-refractivity contribution in [1.29, 1.82) is 0 Å². The van der Waals surface area contributed by atoms with Crippen molar-refractivity contribution < 1.29 is 23.5 Å². The molecule has 0 radical (unpaired) electrons. The molecule has 8 heteroatoms. The number of fused-ring (bicyclic) bond motifs is 1. The molecule has 0 unspecified atom stereocenters. The molecule has 152 valence electrons. The number of aromatic nitrogens is 1. The average Bonchev–Trinajstić information content (AvgIpc) is 2.98. The number of ether oxygens (including phenoxy) is 2. The van der Waals surface area contributed by atoms with Crippen LogP contribution in [0.1, 0.15) is 18.1 Å². The minimum atomic E-state index is -0.448. The van der Waals surface area contributed by atoms with Gasteiger partial charge in [0.2, 0.25) is 0 Å². The summed E-state index contributed by atoms with van der Waals surface area (Å²) in [5.74, 6) is -0.457. The first-order chi connectivity index (χ1) is 13.9. The monoisotopic (exact) mass is 416 g/mol. The summed E-state index contributed by atoms with van der Waals surface area (Å²) in [4.78, 5) is 29.1. The van der Waals surface area contributed by atoms with Gasteiger partial charge in [-0.05, 0) is 49.2 Å². The third-order valence-electron chi connectivity index (χ3n) is 4.27. The predicted molar refractivity (Wildman–Crippen MR) is 108 cm³/mol. The fourth-order valence-electron chi connectivity index (χ4n) is 2.99. The van der Waals surface area contributed by atoms with Gasteiger partial charge in [-0.25, -0.2) is 4.39 Å². The number of carbonyl (C=O) groups is 2. The van der Waals surface area contributed by atoms with Crippen LogP contribution in [0.2, 0.25) is 0 Å². The maximum Gasteiger partial charge on any atom is 0.326 e. The number of esters is 1. The molecule has 2 aromatic carbocycles. The Kier molecular flexibility index (Phi) is 6.43. The van der Waals surface area contributed by atoms with Gasteiger partial charge in [0, 0.05) is 0 Å². The summed E-state index contributed by atoms with van der Waals surface area (Å²) in [6.45, 7) is 3.76. The van der Waals surface area contributed by atoms with Crippen molar-refractivity contribution in [3.63, 3.8) is 0 Å². The molecule has 1 amide bonds. The van der Waals surface area contributed by atoms with E-state index >= 15 is 0 Å². The fourth-order valence-corrected chi connectivity index (χ4v) is 4.06. The van der Waals surface area contributed by atoms with Gasteiger partial charge in [-0.15, -0.1) is 0 Å². The van der Waals surface area contributed by atoms with Crippen LogP contribution in [0, 0.1) is 12.7 Å². The number of amides is 1. The first-order valence-electron chi connectivity index (χ1n) is 9.07. The van der Waals surface area contributed by atoms with Crippen LogP contribution >= 0.6 is 11.3 Å². The number of hydrogen-bond donors (Lipinski definition) is 0. The molecule has 0 aliphatic carbocycles. The molecular weight excluding hydrogens is 395 g/mol. The molecule has 0 bridgehead atoms. The van der Waals surface area contributed by atoms with Crippen LogP contribution in [0.3, 0.4) is 0 Å². The molecule has 0 aliphatic rings. The maximum atomic E-state index is 13.6. The SMILES string of the molecule is CCOC(=O)Cn1c(=NC(=O)Cc2ccc(OC)c(C)c2)sc2cc(F)ccc21. The van der Waals surface area contributed by atoms with E-state index in [-0.39, 0.29) is 25.5 Å². The first-order valence-corrected chi connectivity index (χ1v) is 9.88. The largest absolute Gasteiger partial charge is 0.496 e. The Balaban J connectivity index is 1.96. The third-order valence-corrected chi connectivity index (χ3v) is 5.31. The van der Waals surface area contributed by atoms with Crippen molar-refractivity contribution in [2.24, 2.45) is 4.99 Å². The number of benzene rings is 2. The van der Waals surface area contributed by atoms with Crippen molar-refractivity contribution in [2.45, 2.75) is 26.8 Å². The lowest BCUT2D eigenvalue weighted by Crippen LogP contribution is -2.23. The molecule has 3 rings (SSSR count). The number of thiazole rings is 1. The van der Waals surface area contributed by atoms with Gasteiger partial charge in [0.15, 0.2) is 4.80 Å². The molecular formula is C21H21FN2O4S. The Morgan fingerprint density at radius 1 is 1.21 bits per heavy atom. The number of nitrogens with zero attached hydrogens (tertiary/aromatic N) is 2. The smallest absolute Gasteiger partial charge is 0.326 e. The summed E-state index contributed by atoms with van der Waals surface area (Å²) in [6.07, 6.45) is 0.104. The maximum absolute atomic E-state index is 13.6. The zero-order valence-electron chi connectivity index (χ0n) is 16.4. The van der Waals surface area contributed by atoms with E-state index in [0.717, 1.165) is 28.2 Å². The van der Waals surface area contributed by atoms with Crippen LogP contribution in [-0.4, -0.2) is 30.2 Å². The van der Waals surface area contributed by atoms with Gasteiger partial charge in [-0.2, -0.15) is 4.99 Å². The molecule has 1 aromatic heterocycles. The summed E-state index contributed by atoms with van der Waals surface area (Å²) >= 11 is 1.15. The minimum absolute atomic E-state index is 0.104. The van der Waals surface area contributed by atoms with Crippen LogP contribution in [0.15, 0.2) is 41.4 Å². The highest BCUT2D eigenvalue weighted by Crippen LogP contribution is 2.20. The van der Waals surface area contributed by atoms with E-state index in [1.165, 1.54) is 12.1 Å². The average molecular weight is 416 g/mol. The number of carbonyl (C=O) groups excluding carboxylic acids is 2. The number of hydrogen-bond acceptors (Lipinski definition) is 5. The fraction of sp³-hybridized carbons (Fsp3) is 0.286. The number of halogens is 1. The van der Waals surface area contributed by atoms with Gasteiger partial charge in [0.25, 0.3) is 5.91 Å². The summed E-state index contributed by atoms with van der Waals surface area (Å²) < 4.78 is 26.0. The van der Waals surface area contributed by atoms with Crippen molar-refractivity contribution in [3.8, 4) is 5.75 Å². The Hall–Kier alpha value is -3.00. The second-order valence-corrected chi connectivity index (χ2v) is 7.38. The van der Waals surface area contributed by atoms with E-state index in [0.29, 0.717) is 15.0 Å². The Morgan fingerprint density at radius 3 is 2.69 bits per heavy atom. The van der Waals surface area contributed by atoms with E-state index in [1.54, 1.807) is 30.7 Å². The normalized spacial score (nSPS) is 11.7. The van der Waals surface area contributed by atoms with Crippen LogP contribution in [-0.2, 0) is 27.3 Å². The Bertz CT molecular complexity index is 1130. The number of rotatable bonds is 6. The Morgan fingerprint density at radius 2 is 2.00 bits per heavy atom. The standard InChI is InChI=1S/C21H21FN2O4S/c1-4-28-20(26)12-24-16-7-6-15(22)11-18(16)29-21(24)23-19(25)10-14-5-8-17(27-3)13(2)9-14/h5-9,11H,4,10,12H2,1-3H3. The van der Waals surface area contributed by atoms with Crippen LogP contribution in [0.25, 0.3) is 10.2 Å². The van der Waals surface area contributed by atoms with E-state index < -0.39 is 11.8 Å². The van der Waals surface area contributed by atoms with E-state index in [9.17, 15) is 14.0 Å². The lowest BCUT2D eigenvalue weighted by atomic mass is 10.1. The lowest BCUT2D eigenvalue weighted by molar-refractivity contribution is -0.143. The molecule has 0 fully saturated rings. The summed E-state index contributed by atoms with van der Waals surface area (Å²) in [5, 5.41) is 0. The van der Waals surface area contributed by atoms with Crippen molar-refractivity contribution >= 4 is 33.4 Å². The van der Waals surface area contributed by atoms with E-state index in [2.05, 4.69) is 4.99 Å². The van der Waals surface area contributed by atoms with Gasteiger partial charge in [0.05, 0.1) is 30.4 Å². The molecule has 0 atom stereocenters. The molecule has 0 saturated heterocycles. The topological polar surface area (TPSA) is 69.9 Å². The second kappa shape index (κ2) is 9.00. The second-order valence-electron chi connectivity index (χ2n) is 6.37. The van der Waals surface area contributed by atoms with Gasteiger partial charge in [-0.1, -0.05) is 23.5 Å². The summed E-state index contributed by atoms with van der Waals surface area (Å²) in [5.41, 5.74) is 2.35. The quantitative estimate of drug-likeness (QED) is 0.578. The van der Waals surface area contributed by atoms with E-state index in [1.807, 2.05) is 19.1 Å². The molecule has 29 heavy (non-hydrogen) atoms. The van der Waals surface area contributed by atoms with E-state index in [4.69, 9.17) is 9.47 Å². The van der Waals surface area contributed by atoms with Crippen molar-refractivity contribution in [3.05, 3.63) is 58.1 Å². The Labute approximate surface area is 171 Å². The van der Waals surface area contributed by atoms with Crippen molar-refractivity contribution in [1.82, 2.24) is 4.57 Å². The molecule has 0 spiro atoms. The summed E-state index contributed by atoms with van der Waals surface area (Å²) in [7, 11) is 1.59. The summed E-state index contributed by atoms with van der Waals surface area (Å²) in [6, 6.07) is 9.73. The first kappa shape index (κ1) is 20.7. The highest BCUT2D eigenvalue weighted by atomic mass is 32.1. The molecule has 0 aliphatic heterocycles. The van der Waals surface area contributed by atoms with Gasteiger partial charge < -0.3 is 14.0 Å². The zero-order valence-corrected chi connectivity index (χ0v) is 17.2. The molecule has 0 N–H and O–H groups in total. The van der Waals surface area contributed by atoms with Crippen LogP contribution < -0.4 is 9.54 Å². The van der Waals surface area contributed by atoms with Crippen LogP contribution in [0.5, 0.6) is 5.75 Å². The third kappa shape index (κ3) is 4.89. The predicted octanol–water partition coefficient (Wildman–Crippen LogP) is 3.39. The molecule has 0 saturated carbocycles. The van der Waals surface area contributed by atoms with Gasteiger partial charge >= 0.3 is 5.97 Å². The van der Waals surface area contributed by atoms with Crippen LogP contribution in [0.4, 0.5) is 4.39 Å².